The molecule has 0 bridgehead atoms. The molecule has 3 aromatic rings. The van der Waals surface area contributed by atoms with E-state index in [1.807, 2.05) is 56.3 Å². The number of anilines is 1. The molecular weight excluding hydrogens is 356 g/mol. The van der Waals surface area contributed by atoms with E-state index in [0.29, 0.717) is 33.4 Å². The first-order valence-electron chi connectivity index (χ1n) is 8.40. The molecule has 27 heavy (non-hydrogen) atoms. The second-order valence-corrected chi connectivity index (χ2v) is 6.92. The lowest BCUT2D eigenvalue weighted by Gasteiger charge is -2.08. The standard InChI is InChI=1S/C21H18N4OS/c1-14-19(12-22)21(24-15(2)23-14)27-13-16-8-10-17(11-9-16)20(26)25-18-6-4-3-5-7-18/h3-11H,13H2,1-2H3,(H,25,26). The van der Waals surface area contributed by atoms with Gasteiger partial charge in [0, 0.05) is 17.0 Å². The number of nitrogens with zero attached hydrogens (tertiary/aromatic N) is 3. The van der Waals surface area contributed by atoms with E-state index < -0.39 is 0 Å². The summed E-state index contributed by atoms with van der Waals surface area (Å²) in [5.74, 6) is 1.17. The molecule has 134 valence electrons. The number of hydrogen-bond acceptors (Lipinski definition) is 5. The van der Waals surface area contributed by atoms with Crippen molar-refractivity contribution in [3.8, 4) is 6.07 Å². The smallest absolute Gasteiger partial charge is 0.255 e. The third-order valence-corrected chi connectivity index (χ3v) is 4.95. The highest BCUT2D eigenvalue weighted by Crippen LogP contribution is 2.25. The van der Waals surface area contributed by atoms with Crippen LogP contribution in [-0.2, 0) is 5.75 Å². The minimum atomic E-state index is -0.144. The SMILES string of the molecule is Cc1nc(C)c(C#N)c(SCc2ccc(C(=O)Nc3ccccc3)cc2)n1. The number of rotatable bonds is 5. The Labute approximate surface area is 162 Å². The molecule has 0 spiro atoms. The molecule has 0 saturated carbocycles. The zero-order valence-electron chi connectivity index (χ0n) is 15.1. The highest BCUT2D eigenvalue weighted by atomic mass is 32.2. The van der Waals surface area contributed by atoms with Crippen LogP contribution < -0.4 is 5.32 Å². The Kier molecular flexibility index (Phi) is 5.84. The molecule has 6 heteroatoms. The van der Waals surface area contributed by atoms with E-state index >= 15 is 0 Å². The first kappa shape index (κ1) is 18.6. The van der Waals surface area contributed by atoms with Crippen LogP contribution in [0.4, 0.5) is 5.69 Å². The summed E-state index contributed by atoms with van der Waals surface area (Å²) < 4.78 is 0. The van der Waals surface area contributed by atoms with Gasteiger partial charge in [0.1, 0.15) is 22.5 Å². The maximum absolute atomic E-state index is 12.3. The fourth-order valence-corrected chi connectivity index (χ4v) is 3.57. The third kappa shape index (κ3) is 4.72. The van der Waals surface area contributed by atoms with Gasteiger partial charge < -0.3 is 5.32 Å². The Bertz CT molecular complexity index is 995. The normalized spacial score (nSPS) is 10.3. The summed E-state index contributed by atoms with van der Waals surface area (Å²) in [7, 11) is 0. The number of benzene rings is 2. The monoisotopic (exact) mass is 374 g/mol. The summed E-state index contributed by atoms with van der Waals surface area (Å²) in [5.41, 5.74) is 3.62. The van der Waals surface area contributed by atoms with Gasteiger partial charge in [-0.2, -0.15) is 5.26 Å². The molecule has 5 nitrogen and oxygen atoms in total. The van der Waals surface area contributed by atoms with Gasteiger partial charge in [-0.25, -0.2) is 9.97 Å². The Morgan fingerprint density at radius 1 is 1.07 bits per heavy atom. The second-order valence-electron chi connectivity index (χ2n) is 5.95. The van der Waals surface area contributed by atoms with Crippen LogP contribution in [0.3, 0.4) is 0 Å². The largest absolute Gasteiger partial charge is 0.322 e. The average molecular weight is 374 g/mol. The van der Waals surface area contributed by atoms with Crippen LogP contribution in [0.25, 0.3) is 0 Å². The van der Waals surface area contributed by atoms with E-state index in [9.17, 15) is 10.1 Å². The van der Waals surface area contributed by atoms with E-state index in [-0.39, 0.29) is 5.91 Å². The fourth-order valence-electron chi connectivity index (χ4n) is 2.54. The van der Waals surface area contributed by atoms with E-state index in [0.717, 1.165) is 11.3 Å². The molecule has 0 atom stereocenters. The fraction of sp³-hybridized carbons (Fsp3) is 0.143. The lowest BCUT2D eigenvalue weighted by molar-refractivity contribution is 0.102. The maximum Gasteiger partial charge on any atom is 0.255 e. The predicted octanol–water partition coefficient (Wildman–Crippen LogP) is 4.51. The van der Waals surface area contributed by atoms with Crippen molar-refractivity contribution in [1.82, 2.24) is 9.97 Å². The molecule has 0 aliphatic carbocycles. The van der Waals surface area contributed by atoms with Crippen molar-refractivity contribution in [2.45, 2.75) is 24.6 Å². The van der Waals surface area contributed by atoms with Crippen LogP contribution in [0.5, 0.6) is 0 Å². The van der Waals surface area contributed by atoms with Gasteiger partial charge in [-0.1, -0.05) is 30.3 Å². The van der Waals surface area contributed by atoms with Crippen LogP contribution in [0.1, 0.15) is 33.0 Å². The van der Waals surface area contributed by atoms with Crippen LogP contribution >= 0.6 is 11.8 Å². The first-order valence-corrected chi connectivity index (χ1v) is 9.39. The Morgan fingerprint density at radius 3 is 2.44 bits per heavy atom. The molecule has 0 fully saturated rings. The lowest BCUT2D eigenvalue weighted by atomic mass is 10.1. The minimum absolute atomic E-state index is 0.144. The van der Waals surface area contributed by atoms with Gasteiger partial charge in [0.2, 0.25) is 0 Å². The van der Waals surface area contributed by atoms with Crippen molar-refractivity contribution in [1.29, 1.82) is 5.26 Å². The van der Waals surface area contributed by atoms with Crippen molar-refractivity contribution in [2.75, 3.05) is 5.32 Å². The third-order valence-electron chi connectivity index (χ3n) is 3.90. The topological polar surface area (TPSA) is 78.7 Å². The number of thioether (sulfide) groups is 1. The number of para-hydroxylation sites is 1. The van der Waals surface area contributed by atoms with Gasteiger partial charge in [-0.3, -0.25) is 4.79 Å². The molecule has 1 aromatic heterocycles. The van der Waals surface area contributed by atoms with Crippen molar-refractivity contribution in [3.63, 3.8) is 0 Å². The lowest BCUT2D eigenvalue weighted by Crippen LogP contribution is -2.11. The average Bonchev–Trinajstić information content (AvgIpc) is 2.67. The molecule has 1 heterocycles. The van der Waals surface area contributed by atoms with Gasteiger partial charge >= 0.3 is 0 Å². The van der Waals surface area contributed by atoms with Crippen LogP contribution in [0.2, 0.25) is 0 Å². The van der Waals surface area contributed by atoms with E-state index in [1.165, 1.54) is 11.8 Å². The number of carbonyl (C=O) groups is 1. The molecule has 0 radical (unpaired) electrons. The maximum atomic E-state index is 12.3. The molecule has 0 saturated heterocycles. The van der Waals surface area contributed by atoms with Crippen molar-refractivity contribution in [3.05, 3.63) is 82.8 Å². The van der Waals surface area contributed by atoms with Crippen LogP contribution in [0, 0.1) is 25.2 Å². The Hall–Kier alpha value is -3.17. The zero-order valence-corrected chi connectivity index (χ0v) is 15.9. The summed E-state index contributed by atoms with van der Waals surface area (Å²) in [4.78, 5) is 20.9. The van der Waals surface area contributed by atoms with E-state index in [1.54, 1.807) is 12.1 Å². The van der Waals surface area contributed by atoms with Crippen molar-refractivity contribution in [2.24, 2.45) is 0 Å². The molecule has 1 N–H and O–H groups in total. The predicted molar refractivity (Wildman–Crippen MR) is 107 cm³/mol. The molecule has 0 unspecified atom stereocenters. The quantitative estimate of drug-likeness (QED) is 0.525. The van der Waals surface area contributed by atoms with Gasteiger partial charge in [0.15, 0.2) is 0 Å². The number of amides is 1. The first-order chi connectivity index (χ1) is 13.1. The number of aryl methyl sites for hydroxylation is 2. The van der Waals surface area contributed by atoms with Crippen LogP contribution in [0.15, 0.2) is 59.6 Å². The van der Waals surface area contributed by atoms with Crippen molar-refractivity contribution < 1.29 is 4.79 Å². The molecule has 1 amide bonds. The summed E-state index contributed by atoms with van der Waals surface area (Å²) in [6.45, 7) is 3.63. The van der Waals surface area contributed by atoms with Gasteiger partial charge in [0.05, 0.1) is 5.69 Å². The number of carbonyl (C=O) groups excluding carboxylic acids is 1. The summed E-state index contributed by atoms with van der Waals surface area (Å²) in [6, 6.07) is 19.0. The summed E-state index contributed by atoms with van der Waals surface area (Å²) >= 11 is 1.50. The molecule has 3 rings (SSSR count). The minimum Gasteiger partial charge on any atom is -0.322 e. The van der Waals surface area contributed by atoms with Crippen LogP contribution in [-0.4, -0.2) is 15.9 Å². The number of hydrogen-bond donors (Lipinski definition) is 1. The van der Waals surface area contributed by atoms with E-state index in [4.69, 9.17) is 0 Å². The number of aromatic nitrogens is 2. The molecule has 2 aromatic carbocycles. The molecule has 0 aliphatic heterocycles. The highest BCUT2D eigenvalue weighted by Gasteiger charge is 2.11. The molecular formula is C21H18N4OS. The molecule has 0 aliphatic rings. The van der Waals surface area contributed by atoms with Gasteiger partial charge in [0.25, 0.3) is 5.91 Å². The Morgan fingerprint density at radius 2 is 1.78 bits per heavy atom. The Balaban J connectivity index is 1.67. The van der Waals surface area contributed by atoms with Crippen molar-refractivity contribution >= 4 is 23.4 Å². The van der Waals surface area contributed by atoms with Gasteiger partial charge in [-0.05, 0) is 43.7 Å². The highest BCUT2D eigenvalue weighted by molar-refractivity contribution is 7.98. The van der Waals surface area contributed by atoms with E-state index in [2.05, 4.69) is 21.4 Å². The van der Waals surface area contributed by atoms with Gasteiger partial charge in [-0.15, -0.1) is 11.8 Å². The number of nitriles is 1. The summed E-state index contributed by atoms with van der Waals surface area (Å²) in [5, 5.41) is 12.9. The second kappa shape index (κ2) is 8.47. The number of nitrogens with one attached hydrogen (secondary N) is 1. The zero-order chi connectivity index (χ0) is 19.2. The summed E-state index contributed by atoms with van der Waals surface area (Å²) in [6.07, 6.45) is 0.